The van der Waals surface area contributed by atoms with E-state index < -0.39 is 12.1 Å². The molecule has 1 N–H and O–H groups in total. The molecule has 0 radical (unpaired) electrons. The van der Waals surface area contributed by atoms with Gasteiger partial charge in [0.25, 0.3) is 0 Å². The first kappa shape index (κ1) is 13.8. The van der Waals surface area contributed by atoms with Gasteiger partial charge in [0.1, 0.15) is 0 Å². The van der Waals surface area contributed by atoms with Crippen LogP contribution in [0.25, 0.3) is 0 Å². The second-order valence-corrected chi connectivity index (χ2v) is 5.16. The maximum absolute atomic E-state index is 12.1. The molecule has 0 bridgehead atoms. The van der Waals surface area contributed by atoms with E-state index in [1.54, 1.807) is 24.3 Å². The number of hydrogen-bond acceptors (Lipinski definition) is 4. The van der Waals surface area contributed by atoms with Gasteiger partial charge in [-0.15, -0.1) is 0 Å². The molecule has 21 heavy (non-hydrogen) atoms. The number of benzene rings is 1. The van der Waals surface area contributed by atoms with Crippen molar-refractivity contribution in [1.29, 1.82) is 0 Å². The van der Waals surface area contributed by atoms with E-state index in [9.17, 15) is 9.90 Å². The molecular weight excluding hydrogens is 266 g/mol. The van der Waals surface area contributed by atoms with Crippen LogP contribution in [0.1, 0.15) is 46.6 Å². The fraction of sp³-hybridized carbons (Fsp3) is 0.294. The maximum Gasteiger partial charge on any atom is 0.344 e. The highest BCUT2D eigenvalue weighted by molar-refractivity contribution is 5.90. The monoisotopic (exact) mass is 283 g/mol. The Kier molecular flexibility index (Phi) is 3.71. The Bertz CT molecular complexity index is 667. The van der Waals surface area contributed by atoms with E-state index >= 15 is 0 Å². The highest BCUT2D eigenvalue weighted by Gasteiger charge is 2.25. The molecular formula is C17H17NO3. The number of rotatable bonds is 3. The number of carbonyl (C=O) groups excluding carboxylic acids is 1. The number of aliphatic hydroxyl groups excluding tert-OH is 1. The van der Waals surface area contributed by atoms with E-state index in [0.717, 1.165) is 24.0 Å². The van der Waals surface area contributed by atoms with Crippen molar-refractivity contribution in [2.75, 3.05) is 0 Å². The number of pyridine rings is 1. The van der Waals surface area contributed by atoms with Gasteiger partial charge < -0.3 is 9.84 Å². The van der Waals surface area contributed by atoms with Crippen molar-refractivity contribution in [3.63, 3.8) is 0 Å². The van der Waals surface area contributed by atoms with Crippen molar-refractivity contribution in [3.05, 3.63) is 58.8 Å². The first-order chi connectivity index (χ1) is 10.2. The van der Waals surface area contributed by atoms with Crippen molar-refractivity contribution in [2.45, 2.75) is 32.3 Å². The number of aromatic nitrogens is 1. The normalized spacial score (nSPS) is 16.6. The van der Waals surface area contributed by atoms with Crippen LogP contribution in [0.15, 0.2) is 36.4 Å². The van der Waals surface area contributed by atoms with E-state index in [1.165, 1.54) is 0 Å². The van der Waals surface area contributed by atoms with Crippen molar-refractivity contribution in [2.24, 2.45) is 0 Å². The second kappa shape index (κ2) is 5.66. The Labute approximate surface area is 123 Å². The standard InChI is InChI=1S/C17H17NO3/c1-2-11-10-13-8-9-14(19)15(13)18-16(11)21-17(20)12-6-4-3-5-7-12/h3-7,10,14,19H,2,8-9H2,1H3. The summed E-state index contributed by atoms with van der Waals surface area (Å²) in [4.78, 5) is 16.5. The predicted octanol–water partition coefficient (Wildman–Crippen LogP) is 2.84. The third-order valence-electron chi connectivity index (χ3n) is 3.76. The molecule has 1 atom stereocenters. The average molecular weight is 283 g/mol. The van der Waals surface area contributed by atoms with Gasteiger partial charge in [0.15, 0.2) is 0 Å². The van der Waals surface area contributed by atoms with Gasteiger partial charge in [0.05, 0.1) is 17.4 Å². The molecule has 1 aromatic carbocycles. The number of aliphatic hydroxyl groups is 1. The van der Waals surface area contributed by atoms with Gasteiger partial charge in [0, 0.05) is 5.56 Å². The predicted molar refractivity (Wildman–Crippen MR) is 78.3 cm³/mol. The molecule has 1 heterocycles. The molecule has 1 aliphatic carbocycles. The number of nitrogens with zero attached hydrogens (tertiary/aromatic N) is 1. The average Bonchev–Trinajstić information content (AvgIpc) is 2.88. The van der Waals surface area contributed by atoms with E-state index in [1.807, 2.05) is 19.1 Å². The van der Waals surface area contributed by atoms with Crippen LogP contribution in [0.2, 0.25) is 0 Å². The van der Waals surface area contributed by atoms with Crippen molar-refractivity contribution < 1.29 is 14.6 Å². The van der Waals surface area contributed by atoms with Crippen molar-refractivity contribution in [1.82, 2.24) is 4.98 Å². The van der Waals surface area contributed by atoms with Gasteiger partial charge in [-0.25, -0.2) is 9.78 Å². The zero-order valence-electron chi connectivity index (χ0n) is 11.9. The molecule has 1 aromatic heterocycles. The van der Waals surface area contributed by atoms with Gasteiger partial charge in [-0.3, -0.25) is 0 Å². The lowest BCUT2D eigenvalue weighted by molar-refractivity contribution is 0.0723. The molecule has 0 amide bonds. The molecule has 0 saturated heterocycles. The van der Waals surface area contributed by atoms with Crippen LogP contribution in [-0.4, -0.2) is 16.1 Å². The summed E-state index contributed by atoms with van der Waals surface area (Å²) in [7, 11) is 0. The Morgan fingerprint density at radius 2 is 2.14 bits per heavy atom. The third-order valence-corrected chi connectivity index (χ3v) is 3.76. The summed E-state index contributed by atoms with van der Waals surface area (Å²) in [5.41, 5.74) is 3.08. The minimum Gasteiger partial charge on any atom is -0.404 e. The Morgan fingerprint density at radius 3 is 2.86 bits per heavy atom. The lowest BCUT2D eigenvalue weighted by atomic mass is 10.1. The van der Waals surface area contributed by atoms with Gasteiger partial charge in [-0.1, -0.05) is 25.1 Å². The molecule has 0 fully saturated rings. The van der Waals surface area contributed by atoms with Gasteiger partial charge in [-0.2, -0.15) is 0 Å². The molecule has 0 saturated carbocycles. The number of esters is 1. The maximum atomic E-state index is 12.1. The minimum absolute atomic E-state index is 0.311. The van der Waals surface area contributed by atoms with Crippen LogP contribution >= 0.6 is 0 Å². The summed E-state index contributed by atoms with van der Waals surface area (Å²) in [6.07, 6.45) is 1.68. The van der Waals surface area contributed by atoms with Crippen molar-refractivity contribution in [3.8, 4) is 5.88 Å². The minimum atomic E-state index is -0.555. The van der Waals surface area contributed by atoms with Crippen LogP contribution < -0.4 is 4.74 Å². The summed E-state index contributed by atoms with van der Waals surface area (Å²) in [6, 6.07) is 10.8. The fourth-order valence-electron chi connectivity index (χ4n) is 2.58. The van der Waals surface area contributed by atoms with E-state index in [4.69, 9.17) is 4.74 Å². The molecule has 2 aromatic rings. The molecule has 3 rings (SSSR count). The van der Waals surface area contributed by atoms with Crippen LogP contribution in [0.5, 0.6) is 5.88 Å². The molecule has 0 aliphatic heterocycles. The molecule has 1 aliphatic rings. The van der Waals surface area contributed by atoms with Gasteiger partial charge in [-0.05, 0) is 43.0 Å². The van der Waals surface area contributed by atoms with Crippen molar-refractivity contribution >= 4 is 5.97 Å². The lowest BCUT2D eigenvalue weighted by Crippen LogP contribution is -2.12. The highest BCUT2D eigenvalue weighted by atomic mass is 16.5. The number of hydrogen-bond donors (Lipinski definition) is 1. The summed E-state index contributed by atoms with van der Waals surface area (Å²) in [5.74, 6) is -0.115. The van der Waals surface area contributed by atoms with Gasteiger partial charge in [0.2, 0.25) is 5.88 Å². The third kappa shape index (κ3) is 2.67. The summed E-state index contributed by atoms with van der Waals surface area (Å²) in [6.45, 7) is 1.99. The summed E-state index contributed by atoms with van der Waals surface area (Å²) >= 11 is 0. The van der Waals surface area contributed by atoms with Crippen LogP contribution in [0, 0.1) is 0 Å². The summed E-state index contributed by atoms with van der Waals surface area (Å²) < 4.78 is 5.43. The van der Waals surface area contributed by atoms with E-state index in [-0.39, 0.29) is 0 Å². The van der Waals surface area contributed by atoms with Crippen LogP contribution in [0.3, 0.4) is 0 Å². The Morgan fingerprint density at radius 1 is 1.38 bits per heavy atom. The molecule has 0 spiro atoms. The molecule has 108 valence electrons. The fourth-order valence-corrected chi connectivity index (χ4v) is 2.58. The first-order valence-electron chi connectivity index (χ1n) is 7.17. The number of aryl methyl sites for hydroxylation is 2. The van der Waals surface area contributed by atoms with Crippen LogP contribution in [0.4, 0.5) is 0 Å². The largest absolute Gasteiger partial charge is 0.404 e. The zero-order valence-corrected chi connectivity index (χ0v) is 11.9. The van der Waals surface area contributed by atoms with E-state index in [2.05, 4.69) is 4.98 Å². The smallest absolute Gasteiger partial charge is 0.344 e. The molecule has 4 heteroatoms. The Balaban J connectivity index is 1.91. The zero-order chi connectivity index (χ0) is 14.8. The number of fused-ring (bicyclic) bond motifs is 1. The lowest BCUT2D eigenvalue weighted by Gasteiger charge is -2.11. The number of carbonyl (C=O) groups is 1. The molecule has 1 unspecified atom stereocenters. The number of ether oxygens (including phenoxy) is 1. The summed E-state index contributed by atoms with van der Waals surface area (Å²) in [5, 5.41) is 9.92. The first-order valence-corrected chi connectivity index (χ1v) is 7.17. The van der Waals surface area contributed by atoms with E-state index in [0.29, 0.717) is 23.6 Å². The topological polar surface area (TPSA) is 59.4 Å². The molecule has 4 nitrogen and oxygen atoms in total. The second-order valence-electron chi connectivity index (χ2n) is 5.16. The quantitative estimate of drug-likeness (QED) is 0.880. The Hall–Kier alpha value is -2.20. The van der Waals surface area contributed by atoms with Crippen LogP contribution in [-0.2, 0) is 12.8 Å². The SMILES string of the molecule is CCc1cc2c(nc1OC(=O)c1ccccc1)C(O)CC2. The van der Waals surface area contributed by atoms with Gasteiger partial charge >= 0.3 is 5.97 Å². The highest BCUT2D eigenvalue weighted by Crippen LogP contribution is 2.33.